The Morgan fingerprint density at radius 1 is 1.39 bits per heavy atom. The molecule has 0 unspecified atom stereocenters. The number of nitrogens with zero attached hydrogens (tertiary/aromatic N) is 1. The molecule has 0 aliphatic rings. The van der Waals surface area contributed by atoms with Gasteiger partial charge in [-0.15, -0.1) is 0 Å². The van der Waals surface area contributed by atoms with Crippen molar-refractivity contribution in [2.75, 3.05) is 27.2 Å². The number of amides is 1. The standard InChI is InChI=1S/C13H18F2N2O/c1-16-7-5-13(18)17(2)8-6-10-3-4-11(14)9-12(10)15/h3-4,9,16H,5-8H2,1-2H3. The van der Waals surface area contributed by atoms with Crippen LogP contribution < -0.4 is 5.32 Å². The monoisotopic (exact) mass is 256 g/mol. The average molecular weight is 256 g/mol. The zero-order valence-electron chi connectivity index (χ0n) is 10.7. The Balaban J connectivity index is 2.46. The molecular weight excluding hydrogens is 238 g/mol. The molecule has 1 aromatic rings. The minimum absolute atomic E-state index is 0.00636. The van der Waals surface area contributed by atoms with Gasteiger partial charge < -0.3 is 10.2 Å². The third-order valence-electron chi connectivity index (χ3n) is 2.75. The van der Waals surface area contributed by atoms with Crippen LogP contribution in [0.3, 0.4) is 0 Å². The number of likely N-dealkylation sites (N-methyl/N-ethyl adjacent to an activating group) is 1. The first-order valence-electron chi connectivity index (χ1n) is 5.87. The van der Waals surface area contributed by atoms with E-state index < -0.39 is 11.6 Å². The summed E-state index contributed by atoms with van der Waals surface area (Å²) < 4.78 is 26.1. The minimum Gasteiger partial charge on any atom is -0.345 e. The van der Waals surface area contributed by atoms with E-state index in [1.165, 1.54) is 12.1 Å². The highest BCUT2D eigenvalue weighted by Crippen LogP contribution is 2.10. The second-order valence-electron chi connectivity index (χ2n) is 4.15. The van der Waals surface area contributed by atoms with Gasteiger partial charge in [0, 0.05) is 32.6 Å². The second kappa shape index (κ2) is 7.06. The summed E-state index contributed by atoms with van der Waals surface area (Å²) in [5, 5.41) is 2.89. The third-order valence-corrected chi connectivity index (χ3v) is 2.75. The summed E-state index contributed by atoms with van der Waals surface area (Å²) >= 11 is 0. The van der Waals surface area contributed by atoms with Crippen LogP contribution in [-0.2, 0) is 11.2 Å². The molecule has 5 heteroatoms. The van der Waals surface area contributed by atoms with Gasteiger partial charge in [-0.1, -0.05) is 6.07 Å². The van der Waals surface area contributed by atoms with Crippen molar-refractivity contribution in [3.05, 3.63) is 35.4 Å². The number of hydrogen-bond acceptors (Lipinski definition) is 2. The quantitative estimate of drug-likeness (QED) is 0.838. The Morgan fingerprint density at radius 2 is 2.11 bits per heavy atom. The van der Waals surface area contributed by atoms with Gasteiger partial charge in [0.25, 0.3) is 0 Å². The Labute approximate surface area is 106 Å². The van der Waals surface area contributed by atoms with E-state index in [1.807, 2.05) is 0 Å². The summed E-state index contributed by atoms with van der Waals surface area (Å²) in [6, 6.07) is 3.50. The third kappa shape index (κ3) is 4.41. The first-order valence-corrected chi connectivity index (χ1v) is 5.87. The van der Waals surface area contributed by atoms with Crippen molar-refractivity contribution < 1.29 is 13.6 Å². The lowest BCUT2D eigenvalue weighted by molar-refractivity contribution is -0.129. The van der Waals surface area contributed by atoms with Crippen molar-refractivity contribution in [2.45, 2.75) is 12.8 Å². The smallest absolute Gasteiger partial charge is 0.223 e. The lowest BCUT2D eigenvalue weighted by Gasteiger charge is -2.17. The first-order chi connectivity index (χ1) is 8.54. The van der Waals surface area contributed by atoms with Crippen LogP contribution >= 0.6 is 0 Å². The fraction of sp³-hybridized carbons (Fsp3) is 0.462. The van der Waals surface area contributed by atoms with Crippen molar-refractivity contribution in [3.63, 3.8) is 0 Å². The molecule has 0 fully saturated rings. The van der Waals surface area contributed by atoms with Gasteiger partial charge >= 0.3 is 0 Å². The van der Waals surface area contributed by atoms with E-state index in [4.69, 9.17) is 0 Å². The lowest BCUT2D eigenvalue weighted by Crippen LogP contribution is -2.31. The molecule has 1 amide bonds. The summed E-state index contributed by atoms with van der Waals surface area (Å²) in [5.74, 6) is -1.15. The summed E-state index contributed by atoms with van der Waals surface area (Å²) in [7, 11) is 3.46. The van der Waals surface area contributed by atoms with Gasteiger partial charge in [-0.2, -0.15) is 0 Å². The van der Waals surface area contributed by atoms with Crippen LogP contribution in [0.4, 0.5) is 8.78 Å². The Kier molecular flexibility index (Phi) is 5.71. The molecule has 0 radical (unpaired) electrons. The summed E-state index contributed by atoms with van der Waals surface area (Å²) in [6.07, 6.45) is 0.798. The highest BCUT2D eigenvalue weighted by molar-refractivity contribution is 5.76. The number of carbonyl (C=O) groups is 1. The van der Waals surface area contributed by atoms with E-state index in [-0.39, 0.29) is 5.91 Å². The number of rotatable bonds is 6. The van der Waals surface area contributed by atoms with E-state index in [1.54, 1.807) is 19.0 Å². The fourth-order valence-corrected chi connectivity index (χ4v) is 1.56. The van der Waals surface area contributed by atoms with Crippen LogP contribution in [0.5, 0.6) is 0 Å². The topological polar surface area (TPSA) is 32.3 Å². The van der Waals surface area contributed by atoms with Gasteiger partial charge in [-0.3, -0.25) is 4.79 Å². The number of halogens is 2. The molecule has 0 saturated carbocycles. The highest BCUT2D eigenvalue weighted by atomic mass is 19.1. The van der Waals surface area contributed by atoms with Crippen LogP contribution in [0, 0.1) is 11.6 Å². The molecule has 18 heavy (non-hydrogen) atoms. The second-order valence-corrected chi connectivity index (χ2v) is 4.15. The Morgan fingerprint density at radius 3 is 2.72 bits per heavy atom. The molecule has 0 saturated heterocycles. The molecule has 0 bridgehead atoms. The summed E-state index contributed by atoms with van der Waals surface area (Å²) in [5.41, 5.74) is 0.421. The number of benzene rings is 1. The maximum absolute atomic E-state index is 13.4. The van der Waals surface area contributed by atoms with E-state index in [0.29, 0.717) is 31.5 Å². The van der Waals surface area contributed by atoms with Gasteiger partial charge in [0.1, 0.15) is 11.6 Å². The van der Waals surface area contributed by atoms with Crippen LogP contribution in [0.1, 0.15) is 12.0 Å². The van der Waals surface area contributed by atoms with Crippen molar-refractivity contribution in [1.82, 2.24) is 10.2 Å². The molecule has 100 valence electrons. The van der Waals surface area contributed by atoms with E-state index in [0.717, 1.165) is 6.07 Å². The Hall–Kier alpha value is -1.49. The van der Waals surface area contributed by atoms with Gasteiger partial charge in [-0.05, 0) is 25.1 Å². The van der Waals surface area contributed by atoms with Gasteiger partial charge in [0.2, 0.25) is 5.91 Å². The molecular formula is C13H18F2N2O. The van der Waals surface area contributed by atoms with Gasteiger partial charge in [0.05, 0.1) is 0 Å². The number of hydrogen-bond donors (Lipinski definition) is 1. The van der Waals surface area contributed by atoms with E-state index in [2.05, 4.69) is 5.32 Å². The van der Waals surface area contributed by atoms with Crippen LogP contribution in [0.2, 0.25) is 0 Å². The SMILES string of the molecule is CNCCC(=O)N(C)CCc1ccc(F)cc1F. The van der Waals surface area contributed by atoms with Crippen LogP contribution in [0.15, 0.2) is 18.2 Å². The molecule has 0 spiro atoms. The van der Waals surface area contributed by atoms with Crippen LogP contribution in [0.25, 0.3) is 0 Å². The van der Waals surface area contributed by atoms with Crippen molar-refractivity contribution in [1.29, 1.82) is 0 Å². The molecule has 3 nitrogen and oxygen atoms in total. The first kappa shape index (κ1) is 14.6. The molecule has 0 heterocycles. The molecule has 1 aromatic carbocycles. The zero-order valence-corrected chi connectivity index (χ0v) is 10.7. The zero-order chi connectivity index (χ0) is 13.5. The Bertz CT molecular complexity index is 410. The molecule has 1 N–H and O–H groups in total. The predicted molar refractivity (Wildman–Crippen MR) is 66.2 cm³/mol. The van der Waals surface area contributed by atoms with Crippen molar-refractivity contribution in [3.8, 4) is 0 Å². The highest BCUT2D eigenvalue weighted by Gasteiger charge is 2.09. The molecule has 0 aliphatic heterocycles. The van der Waals surface area contributed by atoms with Gasteiger partial charge in [-0.25, -0.2) is 8.78 Å². The summed E-state index contributed by atoms with van der Waals surface area (Å²) in [4.78, 5) is 13.2. The summed E-state index contributed by atoms with van der Waals surface area (Å²) in [6.45, 7) is 1.04. The normalized spacial score (nSPS) is 10.4. The minimum atomic E-state index is -0.588. The maximum Gasteiger partial charge on any atom is 0.223 e. The number of nitrogens with one attached hydrogen (secondary N) is 1. The van der Waals surface area contributed by atoms with Crippen molar-refractivity contribution >= 4 is 5.91 Å². The molecule has 0 aromatic heterocycles. The molecule has 0 aliphatic carbocycles. The van der Waals surface area contributed by atoms with Crippen molar-refractivity contribution in [2.24, 2.45) is 0 Å². The largest absolute Gasteiger partial charge is 0.345 e. The maximum atomic E-state index is 13.4. The average Bonchev–Trinajstić information content (AvgIpc) is 2.34. The van der Waals surface area contributed by atoms with Crippen LogP contribution in [-0.4, -0.2) is 38.0 Å². The van der Waals surface area contributed by atoms with Gasteiger partial charge in [0.15, 0.2) is 0 Å². The molecule has 0 atom stereocenters. The van der Waals surface area contributed by atoms with E-state index >= 15 is 0 Å². The molecule has 1 rings (SSSR count). The fourth-order valence-electron chi connectivity index (χ4n) is 1.56. The van der Waals surface area contributed by atoms with E-state index in [9.17, 15) is 13.6 Å². The predicted octanol–water partition coefficient (Wildman–Crippen LogP) is 1.58. The lowest BCUT2D eigenvalue weighted by atomic mass is 10.1. The number of carbonyl (C=O) groups excluding carboxylic acids is 1.